The number of aryl methyl sites for hydroxylation is 1. The van der Waals surface area contributed by atoms with E-state index in [9.17, 15) is 18.6 Å². The maximum atomic E-state index is 15.4. The van der Waals surface area contributed by atoms with E-state index in [1.807, 2.05) is 27.7 Å². The number of hydrogen-bond donors (Lipinski definition) is 2. The van der Waals surface area contributed by atoms with E-state index in [4.69, 9.17) is 4.18 Å². The summed E-state index contributed by atoms with van der Waals surface area (Å²) in [4.78, 5) is 0.00699. The molecule has 4 rings (SSSR count). The quantitative estimate of drug-likeness (QED) is 0.437. The summed E-state index contributed by atoms with van der Waals surface area (Å²) in [7, 11) is -4.19. The lowest BCUT2D eigenvalue weighted by Gasteiger charge is -2.34. The zero-order chi connectivity index (χ0) is 25.2. The van der Waals surface area contributed by atoms with E-state index in [1.165, 1.54) is 13.0 Å². The van der Waals surface area contributed by atoms with Crippen LogP contribution in [0.5, 0.6) is 11.5 Å². The Morgan fingerprint density at radius 3 is 2.09 bits per heavy atom. The summed E-state index contributed by atoms with van der Waals surface area (Å²) in [6, 6.07) is 11.4. The number of benzene rings is 3. The molecule has 0 bridgehead atoms. The maximum Gasteiger partial charge on any atom is 0.298 e. The third-order valence-electron chi connectivity index (χ3n) is 6.66. The molecule has 0 aromatic heterocycles. The second-order valence-electron chi connectivity index (χ2n) is 9.55. The van der Waals surface area contributed by atoms with E-state index in [2.05, 4.69) is 0 Å². The summed E-state index contributed by atoms with van der Waals surface area (Å²) in [5.41, 5.74) is 1.10. The first-order valence-electron chi connectivity index (χ1n) is 11.2. The average molecular weight is 485 g/mol. The second-order valence-corrected chi connectivity index (χ2v) is 11.1. The van der Waals surface area contributed by atoms with Gasteiger partial charge in [0.15, 0.2) is 17.2 Å². The van der Waals surface area contributed by atoms with Gasteiger partial charge in [-0.15, -0.1) is 0 Å². The van der Waals surface area contributed by atoms with E-state index >= 15 is 4.39 Å². The summed E-state index contributed by atoms with van der Waals surface area (Å²) in [5, 5.41) is 21.1. The SMILES string of the molecule is Cc1cc(O)c(C(C)C)cc1C1(c2cc(C(C)C)c(O)c(F)c2C)OS(=O)(=O)c2ccccc21. The number of halogens is 1. The fourth-order valence-electron chi connectivity index (χ4n) is 4.87. The lowest BCUT2D eigenvalue weighted by molar-refractivity contribution is 0.177. The molecule has 0 aliphatic carbocycles. The summed E-state index contributed by atoms with van der Waals surface area (Å²) in [6.07, 6.45) is 0. The Kier molecular flexibility index (Phi) is 5.77. The van der Waals surface area contributed by atoms with Crippen molar-refractivity contribution in [1.82, 2.24) is 0 Å². The maximum absolute atomic E-state index is 15.4. The van der Waals surface area contributed by atoms with E-state index < -0.39 is 27.3 Å². The zero-order valence-electron chi connectivity index (χ0n) is 20.1. The van der Waals surface area contributed by atoms with Gasteiger partial charge in [0, 0.05) is 11.1 Å². The predicted octanol–water partition coefficient (Wildman–Crippen LogP) is 6.11. The first kappa shape index (κ1) is 24.2. The zero-order valence-corrected chi connectivity index (χ0v) is 20.9. The molecule has 1 unspecified atom stereocenters. The largest absolute Gasteiger partial charge is 0.508 e. The molecule has 5 nitrogen and oxygen atoms in total. The van der Waals surface area contributed by atoms with Gasteiger partial charge in [-0.25, -0.2) is 8.57 Å². The number of phenolic OH excluding ortho intramolecular Hbond substituents is 2. The monoisotopic (exact) mass is 484 g/mol. The minimum atomic E-state index is -4.19. The van der Waals surface area contributed by atoms with Crippen LogP contribution in [0.25, 0.3) is 0 Å². The van der Waals surface area contributed by atoms with Gasteiger partial charge in [0.1, 0.15) is 10.6 Å². The Morgan fingerprint density at radius 1 is 0.882 bits per heavy atom. The molecule has 3 aromatic rings. The summed E-state index contributed by atoms with van der Waals surface area (Å²) < 4.78 is 47.9. The number of phenols is 2. The van der Waals surface area contributed by atoms with Crippen molar-refractivity contribution in [2.24, 2.45) is 0 Å². The lowest BCUT2D eigenvalue weighted by Crippen LogP contribution is -2.32. The molecule has 1 heterocycles. The van der Waals surface area contributed by atoms with E-state index in [-0.39, 0.29) is 28.0 Å². The third-order valence-corrected chi connectivity index (χ3v) is 8.03. The standard InChI is InChI=1S/C27H29FO5S/c1-14(2)18-12-21(16(5)11-23(18)29)27(20-9-7-8-10-24(20)34(31,32)33-27)22-13-19(15(3)4)26(30)25(28)17(22)6/h7-15,29-30H,1-6H3. The molecule has 0 fully saturated rings. The highest BCUT2D eigenvalue weighted by atomic mass is 32.2. The van der Waals surface area contributed by atoms with E-state index in [1.54, 1.807) is 43.3 Å². The van der Waals surface area contributed by atoms with Crippen molar-refractivity contribution in [1.29, 1.82) is 0 Å². The van der Waals surface area contributed by atoms with Gasteiger partial charge >= 0.3 is 0 Å². The molecular weight excluding hydrogens is 455 g/mol. The minimum Gasteiger partial charge on any atom is -0.508 e. The van der Waals surface area contributed by atoms with Crippen LogP contribution in [0.1, 0.15) is 78.5 Å². The van der Waals surface area contributed by atoms with Crippen molar-refractivity contribution in [3.8, 4) is 11.5 Å². The molecule has 1 atom stereocenters. The number of fused-ring (bicyclic) bond motifs is 1. The van der Waals surface area contributed by atoms with Gasteiger partial charge in [-0.05, 0) is 77.8 Å². The van der Waals surface area contributed by atoms with Crippen LogP contribution in [0, 0.1) is 19.7 Å². The van der Waals surface area contributed by atoms with Crippen LogP contribution in [-0.2, 0) is 19.9 Å². The van der Waals surface area contributed by atoms with E-state index in [0.717, 1.165) is 0 Å². The average Bonchev–Trinajstić information content (AvgIpc) is 3.00. The molecule has 7 heteroatoms. The highest BCUT2D eigenvalue weighted by Gasteiger charge is 2.53. The summed E-state index contributed by atoms with van der Waals surface area (Å²) in [6.45, 7) is 10.7. The number of hydrogen-bond acceptors (Lipinski definition) is 5. The second kappa shape index (κ2) is 8.10. The minimum absolute atomic E-state index is 0.00699. The van der Waals surface area contributed by atoms with Gasteiger partial charge in [0.2, 0.25) is 0 Å². The normalized spacial score (nSPS) is 19.1. The highest BCUT2D eigenvalue weighted by Crippen LogP contribution is 2.54. The smallest absolute Gasteiger partial charge is 0.298 e. The van der Waals surface area contributed by atoms with Crippen molar-refractivity contribution in [2.75, 3.05) is 0 Å². The number of rotatable bonds is 4. The molecule has 34 heavy (non-hydrogen) atoms. The molecule has 0 saturated carbocycles. The van der Waals surface area contributed by atoms with Crippen LogP contribution in [0.4, 0.5) is 4.39 Å². The van der Waals surface area contributed by atoms with Crippen molar-refractivity contribution in [2.45, 2.75) is 63.9 Å². The molecule has 1 aliphatic heterocycles. The summed E-state index contributed by atoms with van der Waals surface area (Å²) >= 11 is 0. The summed E-state index contributed by atoms with van der Waals surface area (Å²) in [5.74, 6) is -1.46. The molecule has 0 amide bonds. The number of aromatic hydroxyl groups is 2. The molecule has 0 saturated heterocycles. The molecule has 0 radical (unpaired) electrons. The Hall–Kier alpha value is -2.90. The first-order chi connectivity index (χ1) is 15.8. The molecule has 3 aromatic carbocycles. The highest BCUT2D eigenvalue weighted by molar-refractivity contribution is 7.87. The van der Waals surface area contributed by atoms with Crippen molar-refractivity contribution >= 4 is 10.1 Å². The molecule has 0 spiro atoms. The Balaban J connectivity index is 2.24. The van der Waals surface area contributed by atoms with Gasteiger partial charge in [-0.2, -0.15) is 8.42 Å². The predicted molar refractivity (Wildman–Crippen MR) is 128 cm³/mol. The van der Waals surface area contributed by atoms with Gasteiger partial charge < -0.3 is 10.2 Å². The lowest BCUT2D eigenvalue weighted by atomic mass is 9.74. The van der Waals surface area contributed by atoms with E-state index in [0.29, 0.717) is 33.4 Å². The Morgan fingerprint density at radius 2 is 1.47 bits per heavy atom. The van der Waals surface area contributed by atoms with Crippen LogP contribution >= 0.6 is 0 Å². The van der Waals surface area contributed by atoms with Gasteiger partial charge in [-0.3, -0.25) is 0 Å². The van der Waals surface area contributed by atoms with Crippen LogP contribution < -0.4 is 0 Å². The molecule has 180 valence electrons. The van der Waals surface area contributed by atoms with Gasteiger partial charge in [0.05, 0.1) is 0 Å². The van der Waals surface area contributed by atoms with Crippen LogP contribution in [0.2, 0.25) is 0 Å². The van der Waals surface area contributed by atoms with Gasteiger partial charge in [-0.1, -0.05) is 45.9 Å². The first-order valence-corrected chi connectivity index (χ1v) is 12.6. The molecule has 1 aliphatic rings. The fourth-order valence-corrected chi connectivity index (χ4v) is 6.28. The fraction of sp³-hybridized carbons (Fsp3) is 0.333. The Labute approximate surface area is 200 Å². The molecule has 2 N–H and O–H groups in total. The van der Waals surface area contributed by atoms with Crippen LogP contribution in [-0.4, -0.2) is 18.6 Å². The van der Waals surface area contributed by atoms with Crippen molar-refractivity contribution in [3.63, 3.8) is 0 Å². The van der Waals surface area contributed by atoms with Crippen LogP contribution in [0.3, 0.4) is 0 Å². The van der Waals surface area contributed by atoms with Crippen LogP contribution in [0.15, 0.2) is 47.4 Å². The van der Waals surface area contributed by atoms with Crippen molar-refractivity contribution < 1.29 is 27.2 Å². The van der Waals surface area contributed by atoms with Crippen molar-refractivity contribution in [3.05, 3.63) is 87.2 Å². The third kappa shape index (κ3) is 3.41. The van der Waals surface area contributed by atoms with Gasteiger partial charge in [0.25, 0.3) is 10.1 Å². The Bertz CT molecular complexity index is 1410. The molecular formula is C27H29FO5S. The topological polar surface area (TPSA) is 83.8 Å².